The Hall–Kier alpha value is -1.11. The van der Waals surface area contributed by atoms with Crippen molar-refractivity contribution in [2.75, 3.05) is 46.5 Å². The van der Waals surface area contributed by atoms with E-state index in [9.17, 15) is 0 Å². The van der Waals surface area contributed by atoms with Crippen molar-refractivity contribution in [1.82, 2.24) is 10.2 Å². The topological polar surface area (TPSA) is 46.1 Å². The zero-order valence-electron chi connectivity index (χ0n) is 14.3. The number of guanidine groups is 1. The van der Waals surface area contributed by atoms with Gasteiger partial charge in [0, 0.05) is 31.6 Å². The normalized spacial score (nSPS) is 18.3. The van der Waals surface area contributed by atoms with Gasteiger partial charge in [0.15, 0.2) is 5.96 Å². The van der Waals surface area contributed by atoms with E-state index in [1.807, 2.05) is 11.3 Å². The molecular weight excluding hydrogens is 310 g/mol. The van der Waals surface area contributed by atoms with Gasteiger partial charge in [-0.05, 0) is 37.6 Å². The number of nitrogens with zero attached hydrogens (tertiary/aromatic N) is 2. The molecule has 2 heterocycles. The number of nitrogens with one attached hydrogen (secondary N) is 1. The van der Waals surface area contributed by atoms with E-state index in [4.69, 9.17) is 9.47 Å². The highest BCUT2D eigenvalue weighted by Gasteiger charge is 2.15. The van der Waals surface area contributed by atoms with Crippen LogP contribution >= 0.6 is 11.3 Å². The molecule has 6 heteroatoms. The van der Waals surface area contributed by atoms with Crippen LogP contribution in [0, 0.1) is 0 Å². The van der Waals surface area contributed by atoms with Crippen molar-refractivity contribution in [1.29, 1.82) is 0 Å². The number of hydrogen-bond acceptors (Lipinski definition) is 4. The molecule has 1 N–H and O–H groups in total. The molecule has 1 aromatic heterocycles. The highest BCUT2D eigenvalue weighted by molar-refractivity contribution is 7.09. The minimum Gasteiger partial charge on any atom is -0.377 e. The predicted octanol–water partition coefficient (Wildman–Crippen LogP) is 2.38. The average molecular weight is 340 g/mol. The molecule has 130 valence electrons. The van der Waals surface area contributed by atoms with Crippen LogP contribution in [0.1, 0.15) is 24.6 Å². The second-order valence-corrected chi connectivity index (χ2v) is 6.73. The monoisotopic (exact) mass is 339 g/mol. The molecule has 0 bridgehead atoms. The van der Waals surface area contributed by atoms with Crippen LogP contribution in [0.25, 0.3) is 0 Å². The van der Waals surface area contributed by atoms with Crippen LogP contribution in [-0.2, 0) is 15.9 Å². The van der Waals surface area contributed by atoms with Gasteiger partial charge in [0.25, 0.3) is 0 Å². The van der Waals surface area contributed by atoms with Crippen LogP contribution in [0.15, 0.2) is 22.5 Å². The molecule has 0 spiro atoms. The van der Waals surface area contributed by atoms with Crippen LogP contribution in [0.3, 0.4) is 0 Å². The molecule has 0 saturated carbocycles. The van der Waals surface area contributed by atoms with Gasteiger partial charge in [0.1, 0.15) is 0 Å². The van der Waals surface area contributed by atoms with E-state index in [1.165, 1.54) is 4.88 Å². The Morgan fingerprint density at radius 3 is 3.17 bits per heavy atom. The van der Waals surface area contributed by atoms with Gasteiger partial charge in [-0.1, -0.05) is 6.07 Å². The summed E-state index contributed by atoms with van der Waals surface area (Å²) in [5.74, 6) is 0.949. The Balaban J connectivity index is 1.67. The van der Waals surface area contributed by atoms with E-state index in [0.29, 0.717) is 25.9 Å². The first-order valence-corrected chi connectivity index (χ1v) is 9.38. The molecule has 1 unspecified atom stereocenters. The van der Waals surface area contributed by atoms with Gasteiger partial charge in [-0.2, -0.15) is 0 Å². The first kappa shape index (κ1) is 18.2. The smallest absolute Gasteiger partial charge is 0.193 e. The van der Waals surface area contributed by atoms with Crippen molar-refractivity contribution < 1.29 is 9.47 Å². The average Bonchev–Trinajstić information content (AvgIpc) is 3.24. The van der Waals surface area contributed by atoms with Crippen LogP contribution in [-0.4, -0.2) is 63.5 Å². The van der Waals surface area contributed by atoms with Crippen molar-refractivity contribution in [3.8, 4) is 0 Å². The van der Waals surface area contributed by atoms with Gasteiger partial charge < -0.3 is 19.7 Å². The zero-order chi connectivity index (χ0) is 16.3. The maximum atomic E-state index is 5.67. The lowest BCUT2D eigenvalue weighted by atomic mass is 10.2. The summed E-state index contributed by atoms with van der Waals surface area (Å²) in [6.07, 6.45) is 3.62. The largest absolute Gasteiger partial charge is 0.377 e. The van der Waals surface area contributed by atoms with Crippen LogP contribution < -0.4 is 5.32 Å². The third kappa shape index (κ3) is 6.89. The molecule has 5 nitrogen and oxygen atoms in total. The zero-order valence-corrected chi connectivity index (χ0v) is 15.1. The molecule has 1 aliphatic rings. The quantitative estimate of drug-likeness (QED) is 0.426. The van der Waals surface area contributed by atoms with Gasteiger partial charge in [0.05, 0.1) is 25.9 Å². The fraction of sp³-hybridized carbons (Fsp3) is 0.706. The molecule has 1 aliphatic heterocycles. The van der Waals surface area contributed by atoms with Crippen molar-refractivity contribution in [3.63, 3.8) is 0 Å². The number of hydrogen-bond donors (Lipinski definition) is 1. The molecule has 1 fully saturated rings. The molecule has 23 heavy (non-hydrogen) atoms. The number of thiophene rings is 1. The summed E-state index contributed by atoms with van der Waals surface area (Å²) in [6.45, 7) is 6.83. The van der Waals surface area contributed by atoms with Gasteiger partial charge in [-0.25, -0.2) is 0 Å². The fourth-order valence-electron chi connectivity index (χ4n) is 2.51. The summed E-state index contributed by atoms with van der Waals surface area (Å²) in [6, 6.07) is 4.28. The Morgan fingerprint density at radius 2 is 2.48 bits per heavy atom. The molecule has 0 aromatic carbocycles. The summed E-state index contributed by atoms with van der Waals surface area (Å²) in [5, 5.41) is 5.47. The molecular formula is C17H29N3O2S. The highest BCUT2D eigenvalue weighted by Crippen LogP contribution is 2.12. The lowest BCUT2D eigenvalue weighted by molar-refractivity contribution is 0.0199. The van der Waals surface area contributed by atoms with Gasteiger partial charge in [-0.15, -0.1) is 11.3 Å². The molecule has 1 aromatic rings. The van der Waals surface area contributed by atoms with E-state index in [0.717, 1.165) is 44.9 Å². The van der Waals surface area contributed by atoms with Crippen LogP contribution in [0.2, 0.25) is 0 Å². The second kappa shape index (κ2) is 10.6. The van der Waals surface area contributed by atoms with E-state index in [2.05, 4.69) is 46.7 Å². The van der Waals surface area contributed by atoms with Crippen LogP contribution in [0.4, 0.5) is 0 Å². The maximum absolute atomic E-state index is 5.67. The first-order chi connectivity index (χ1) is 11.3. The third-order valence-electron chi connectivity index (χ3n) is 3.80. The van der Waals surface area contributed by atoms with E-state index < -0.39 is 0 Å². The summed E-state index contributed by atoms with van der Waals surface area (Å²) in [4.78, 5) is 8.24. The Labute approximate surface area is 143 Å². The Bertz CT molecular complexity index is 445. The number of aliphatic imine (C=N–C) groups is 1. The second-order valence-electron chi connectivity index (χ2n) is 5.70. The van der Waals surface area contributed by atoms with E-state index in [1.54, 1.807) is 0 Å². The lowest BCUT2D eigenvalue weighted by Crippen LogP contribution is -2.40. The van der Waals surface area contributed by atoms with Gasteiger partial charge in [0.2, 0.25) is 0 Å². The third-order valence-corrected chi connectivity index (χ3v) is 4.73. The summed E-state index contributed by atoms with van der Waals surface area (Å²) < 4.78 is 11.2. The van der Waals surface area contributed by atoms with E-state index >= 15 is 0 Å². The minimum absolute atomic E-state index is 0.292. The molecule has 2 rings (SSSR count). The molecule has 0 amide bonds. The summed E-state index contributed by atoms with van der Waals surface area (Å²) >= 11 is 1.81. The summed E-state index contributed by atoms with van der Waals surface area (Å²) in [7, 11) is 2.09. The predicted molar refractivity (Wildman–Crippen MR) is 96.4 cm³/mol. The van der Waals surface area contributed by atoms with Gasteiger partial charge >= 0.3 is 0 Å². The standard InChI is InChI=1S/C17H29N3O2S/c1-3-18-17(20(2)10-8-16-7-5-13-23-16)19-9-12-21-14-15-6-4-11-22-15/h5,7,13,15H,3-4,6,8-12,14H2,1-2H3,(H,18,19). The minimum atomic E-state index is 0.292. The SMILES string of the molecule is CCNC(=NCCOCC1CCCO1)N(C)CCc1cccs1. The van der Waals surface area contributed by atoms with Crippen molar-refractivity contribution >= 4 is 17.3 Å². The van der Waals surface area contributed by atoms with E-state index in [-0.39, 0.29) is 0 Å². The molecule has 1 atom stereocenters. The number of ether oxygens (including phenoxy) is 2. The number of rotatable bonds is 9. The first-order valence-electron chi connectivity index (χ1n) is 8.50. The maximum Gasteiger partial charge on any atom is 0.193 e. The Kier molecular flexibility index (Phi) is 8.42. The van der Waals surface area contributed by atoms with Crippen molar-refractivity contribution in [2.45, 2.75) is 32.3 Å². The fourth-order valence-corrected chi connectivity index (χ4v) is 3.21. The molecule has 0 radical (unpaired) electrons. The lowest BCUT2D eigenvalue weighted by Gasteiger charge is -2.21. The number of likely N-dealkylation sites (N-methyl/N-ethyl adjacent to an activating group) is 1. The van der Waals surface area contributed by atoms with Crippen LogP contribution in [0.5, 0.6) is 0 Å². The summed E-state index contributed by atoms with van der Waals surface area (Å²) in [5.41, 5.74) is 0. The van der Waals surface area contributed by atoms with Crippen molar-refractivity contribution in [3.05, 3.63) is 22.4 Å². The molecule has 0 aliphatic carbocycles. The van der Waals surface area contributed by atoms with Gasteiger partial charge in [-0.3, -0.25) is 4.99 Å². The highest BCUT2D eigenvalue weighted by atomic mass is 32.1. The molecule has 1 saturated heterocycles. The van der Waals surface area contributed by atoms with Crippen molar-refractivity contribution in [2.24, 2.45) is 4.99 Å². The Morgan fingerprint density at radius 1 is 1.57 bits per heavy atom.